The van der Waals surface area contributed by atoms with Crippen LogP contribution in [0.3, 0.4) is 0 Å². The first-order valence-electron chi connectivity index (χ1n) is 10.3. The van der Waals surface area contributed by atoms with Gasteiger partial charge in [-0.15, -0.1) is 23.1 Å². The third-order valence-electron chi connectivity index (χ3n) is 5.88. The molecule has 5 nitrogen and oxygen atoms in total. The zero-order valence-corrected chi connectivity index (χ0v) is 18.4. The van der Waals surface area contributed by atoms with Gasteiger partial charge < -0.3 is 20.0 Å². The molecule has 2 aromatic heterocycles. The van der Waals surface area contributed by atoms with Crippen LogP contribution in [-0.4, -0.2) is 63.6 Å². The van der Waals surface area contributed by atoms with Crippen molar-refractivity contribution in [1.29, 1.82) is 0 Å². The molecule has 0 amide bonds. The van der Waals surface area contributed by atoms with Crippen LogP contribution < -0.4 is 20.0 Å². The summed E-state index contributed by atoms with van der Waals surface area (Å²) >= 11 is 3.61. The summed E-state index contributed by atoms with van der Waals surface area (Å²) in [6, 6.07) is 13.4. The Balaban J connectivity index is 1.32. The maximum absolute atomic E-state index is 5.08. The van der Waals surface area contributed by atoms with E-state index in [1.54, 1.807) is 11.8 Å². The van der Waals surface area contributed by atoms with E-state index in [1.807, 2.05) is 11.3 Å². The average Bonchev–Trinajstić information content (AvgIpc) is 3.23. The fourth-order valence-corrected chi connectivity index (χ4v) is 5.50. The van der Waals surface area contributed by atoms with Gasteiger partial charge in [0.15, 0.2) is 0 Å². The highest BCUT2D eigenvalue weighted by atomic mass is 32.2. The molecule has 1 aromatic carbocycles. The summed E-state index contributed by atoms with van der Waals surface area (Å²) in [6.45, 7) is 8.32. The molecule has 0 radical (unpaired) electrons. The summed E-state index contributed by atoms with van der Waals surface area (Å²) < 4.78 is 1.29. The summed E-state index contributed by atoms with van der Waals surface area (Å²) in [4.78, 5) is 13.8. The number of fused-ring (bicyclic) bond motifs is 1. The predicted octanol–water partition coefficient (Wildman–Crippen LogP) is 3.75. The smallest absolute Gasteiger partial charge is 0.129 e. The minimum Gasteiger partial charge on any atom is -0.368 e. The molecule has 152 valence electrons. The lowest BCUT2D eigenvalue weighted by atomic mass is 10.2. The zero-order valence-electron chi connectivity index (χ0n) is 16.8. The normalized spacial score (nSPS) is 17.9. The summed E-state index contributed by atoms with van der Waals surface area (Å²) in [5.74, 6) is 1.12. The number of thioether (sulfide) groups is 1. The molecule has 0 unspecified atom stereocenters. The average molecular weight is 426 g/mol. The van der Waals surface area contributed by atoms with Crippen molar-refractivity contribution in [3.8, 4) is 0 Å². The first kappa shape index (κ1) is 19.0. The van der Waals surface area contributed by atoms with Gasteiger partial charge >= 0.3 is 0 Å². The van der Waals surface area contributed by atoms with E-state index >= 15 is 0 Å². The molecule has 0 atom stereocenters. The van der Waals surface area contributed by atoms with Crippen molar-refractivity contribution in [1.82, 2.24) is 10.3 Å². The van der Waals surface area contributed by atoms with Crippen LogP contribution in [0.2, 0.25) is 0 Å². The number of nitrogens with zero attached hydrogens (tertiary/aromatic N) is 4. The van der Waals surface area contributed by atoms with Gasteiger partial charge in [-0.05, 0) is 42.7 Å². The van der Waals surface area contributed by atoms with Gasteiger partial charge in [0.25, 0.3) is 0 Å². The fraction of sp³-hybridized carbons (Fsp3) is 0.409. The van der Waals surface area contributed by atoms with Crippen LogP contribution >= 0.6 is 23.1 Å². The molecular weight excluding hydrogens is 398 g/mol. The molecule has 29 heavy (non-hydrogen) atoms. The van der Waals surface area contributed by atoms with E-state index < -0.39 is 0 Å². The highest BCUT2D eigenvalue weighted by Crippen LogP contribution is 2.34. The van der Waals surface area contributed by atoms with Crippen LogP contribution in [0.25, 0.3) is 10.2 Å². The maximum Gasteiger partial charge on any atom is 0.129 e. The summed E-state index contributed by atoms with van der Waals surface area (Å²) in [7, 11) is 0. The van der Waals surface area contributed by atoms with Crippen molar-refractivity contribution < 1.29 is 0 Å². The van der Waals surface area contributed by atoms with Crippen molar-refractivity contribution in [2.24, 2.45) is 0 Å². The molecule has 0 saturated carbocycles. The first-order valence-corrected chi connectivity index (χ1v) is 12.4. The van der Waals surface area contributed by atoms with Gasteiger partial charge in [0.1, 0.15) is 11.3 Å². The number of benzene rings is 1. The molecule has 0 bridgehead atoms. The van der Waals surface area contributed by atoms with Gasteiger partial charge in [-0.3, -0.25) is 0 Å². The van der Waals surface area contributed by atoms with Gasteiger partial charge in [0, 0.05) is 68.3 Å². The summed E-state index contributed by atoms with van der Waals surface area (Å²) in [5, 5.41) is 5.72. The van der Waals surface area contributed by atoms with E-state index in [0.717, 1.165) is 58.2 Å². The molecule has 1 N–H and O–H groups in total. The largest absolute Gasteiger partial charge is 0.368 e. The summed E-state index contributed by atoms with van der Waals surface area (Å²) in [5.41, 5.74) is 3.81. The molecule has 0 spiro atoms. The van der Waals surface area contributed by atoms with Crippen LogP contribution in [-0.2, 0) is 0 Å². The number of hydrogen-bond donors (Lipinski definition) is 1. The summed E-state index contributed by atoms with van der Waals surface area (Å²) in [6.07, 6.45) is 2.13. The second kappa shape index (κ2) is 8.42. The molecule has 2 aliphatic heterocycles. The number of nitrogens with one attached hydrogen (secondary N) is 1. The van der Waals surface area contributed by atoms with E-state index in [2.05, 4.69) is 68.1 Å². The second-order valence-electron chi connectivity index (χ2n) is 7.55. The molecule has 0 aliphatic carbocycles. The standard InChI is InChI=1S/C22H27N5S2/c1-28-18-4-2-17(3-5-18)25-12-14-26(15-13-25)19-16-29-20-6-7-21(24-22(19)20)27-10-8-23-9-11-27/h2-7,16,23H,8-15H2,1H3. The molecule has 7 heteroatoms. The van der Waals surface area contributed by atoms with Crippen molar-refractivity contribution in [3.05, 3.63) is 41.8 Å². The van der Waals surface area contributed by atoms with Crippen molar-refractivity contribution >= 4 is 50.5 Å². The SMILES string of the molecule is CSc1ccc(N2CCN(c3csc4ccc(N5CCNCC5)nc34)CC2)cc1. The quantitative estimate of drug-likeness (QED) is 0.642. The molecule has 2 fully saturated rings. The van der Waals surface area contributed by atoms with E-state index in [4.69, 9.17) is 4.98 Å². The minimum atomic E-state index is 1.03. The van der Waals surface area contributed by atoms with E-state index in [1.165, 1.54) is 26.5 Å². The third-order valence-corrected chi connectivity index (χ3v) is 7.55. The van der Waals surface area contributed by atoms with Gasteiger partial charge in [-0.25, -0.2) is 4.98 Å². The van der Waals surface area contributed by atoms with Crippen LogP contribution in [0.15, 0.2) is 46.7 Å². The van der Waals surface area contributed by atoms with E-state index in [-0.39, 0.29) is 0 Å². The van der Waals surface area contributed by atoms with Crippen LogP contribution in [0.5, 0.6) is 0 Å². The molecule has 2 aliphatic rings. The Labute approximate surface area is 180 Å². The van der Waals surface area contributed by atoms with E-state index in [9.17, 15) is 0 Å². The zero-order chi connectivity index (χ0) is 19.6. The number of rotatable bonds is 4. The van der Waals surface area contributed by atoms with Crippen LogP contribution in [0.1, 0.15) is 0 Å². The Kier molecular flexibility index (Phi) is 5.52. The lowest BCUT2D eigenvalue weighted by Crippen LogP contribution is -2.46. The van der Waals surface area contributed by atoms with Crippen LogP contribution in [0.4, 0.5) is 17.2 Å². The Morgan fingerprint density at radius 1 is 0.862 bits per heavy atom. The highest BCUT2D eigenvalue weighted by Gasteiger charge is 2.21. The Hall–Kier alpha value is -1.96. The lowest BCUT2D eigenvalue weighted by molar-refractivity contribution is 0.585. The Bertz CT molecular complexity index is 957. The fourth-order valence-electron chi connectivity index (χ4n) is 4.18. The number of anilines is 3. The number of hydrogen-bond acceptors (Lipinski definition) is 7. The van der Waals surface area contributed by atoms with Gasteiger partial charge in [-0.1, -0.05) is 0 Å². The monoisotopic (exact) mass is 425 g/mol. The van der Waals surface area contributed by atoms with Crippen molar-refractivity contribution in [2.75, 3.05) is 73.3 Å². The minimum absolute atomic E-state index is 1.03. The van der Waals surface area contributed by atoms with Crippen LogP contribution in [0, 0.1) is 0 Å². The molecule has 5 rings (SSSR count). The Morgan fingerprint density at radius 2 is 1.59 bits per heavy atom. The van der Waals surface area contributed by atoms with Gasteiger partial charge in [0.05, 0.1) is 10.4 Å². The highest BCUT2D eigenvalue weighted by molar-refractivity contribution is 7.98. The van der Waals surface area contributed by atoms with Crippen molar-refractivity contribution in [2.45, 2.75) is 4.90 Å². The molecule has 4 heterocycles. The first-order chi connectivity index (χ1) is 14.3. The number of piperazine rings is 2. The molecule has 3 aromatic rings. The lowest BCUT2D eigenvalue weighted by Gasteiger charge is -2.37. The molecule has 2 saturated heterocycles. The van der Waals surface area contributed by atoms with E-state index in [0.29, 0.717) is 0 Å². The number of thiophene rings is 1. The third kappa shape index (κ3) is 3.91. The Morgan fingerprint density at radius 3 is 2.31 bits per heavy atom. The molecular formula is C22H27N5S2. The van der Waals surface area contributed by atoms with Gasteiger partial charge in [0.2, 0.25) is 0 Å². The van der Waals surface area contributed by atoms with Gasteiger partial charge in [-0.2, -0.15) is 0 Å². The number of aromatic nitrogens is 1. The van der Waals surface area contributed by atoms with Crippen molar-refractivity contribution in [3.63, 3.8) is 0 Å². The maximum atomic E-state index is 5.08. The topological polar surface area (TPSA) is 34.6 Å². The number of pyridine rings is 1. The second-order valence-corrected chi connectivity index (χ2v) is 9.34. The predicted molar refractivity (Wildman–Crippen MR) is 127 cm³/mol.